The molecular formula is C17H20O2S2. The second kappa shape index (κ2) is 8.25. The molecule has 21 heavy (non-hydrogen) atoms. The second-order valence-corrected chi connectivity index (χ2v) is 7.20. The molecule has 4 heteroatoms. The summed E-state index contributed by atoms with van der Waals surface area (Å²) in [5.74, 6) is 2.88. The SMILES string of the molecule is COc1ccc(SCC(C)Sc2ccc(OC)cc2)cc1. The van der Waals surface area contributed by atoms with Gasteiger partial charge in [0.25, 0.3) is 0 Å². The Kier molecular flexibility index (Phi) is 6.33. The first-order chi connectivity index (χ1) is 10.2. The molecule has 2 nitrogen and oxygen atoms in total. The smallest absolute Gasteiger partial charge is 0.118 e. The number of hydrogen-bond donors (Lipinski definition) is 0. The average Bonchev–Trinajstić information content (AvgIpc) is 2.54. The lowest BCUT2D eigenvalue weighted by Crippen LogP contribution is -1.99. The number of benzene rings is 2. The zero-order valence-electron chi connectivity index (χ0n) is 12.5. The van der Waals surface area contributed by atoms with Gasteiger partial charge in [-0.3, -0.25) is 0 Å². The Morgan fingerprint density at radius 2 is 1.29 bits per heavy atom. The van der Waals surface area contributed by atoms with Gasteiger partial charge >= 0.3 is 0 Å². The predicted octanol–water partition coefficient (Wildman–Crippen LogP) is 4.98. The van der Waals surface area contributed by atoms with Crippen LogP contribution in [0.2, 0.25) is 0 Å². The molecule has 0 aliphatic rings. The van der Waals surface area contributed by atoms with Gasteiger partial charge in [-0.25, -0.2) is 0 Å². The Hall–Kier alpha value is -1.26. The Labute approximate surface area is 135 Å². The maximum absolute atomic E-state index is 5.17. The van der Waals surface area contributed by atoms with E-state index in [1.54, 1.807) is 14.2 Å². The van der Waals surface area contributed by atoms with Gasteiger partial charge in [0.1, 0.15) is 11.5 Å². The minimum absolute atomic E-state index is 0.547. The summed E-state index contributed by atoms with van der Waals surface area (Å²) in [6, 6.07) is 16.4. The van der Waals surface area contributed by atoms with E-state index in [9.17, 15) is 0 Å². The highest BCUT2D eigenvalue weighted by Gasteiger charge is 2.06. The van der Waals surface area contributed by atoms with E-state index in [1.807, 2.05) is 47.8 Å². The molecule has 0 radical (unpaired) electrons. The van der Waals surface area contributed by atoms with Crippen molar-refractivity contribution in [1.82, 2.24) is 0 Å². The van der Waals surface area contributed by atoms with Gasteiger partial charge in [0.05, 0.1) is 14.2 Å². The highest BCUT2D eigenvalue weighted by atomic mass is 32.2. The standard InChI is InChI=1S/C17H20O2S2/c1-13(21-17-10-6-15(19-3)7-11-17)12-20-16-8-4-14(18-2)5-9-16/h4-11,13H,12H2,1-3H3. The molecule has 2 aromatic rings. The average molecular weight is 320 g/mol. The zero-order valence-corrected chi connectivity index (χ0v) is 14.2. The summed E-state index contributed by atoms with van der Waals surface area (Å²) in [5.41, 5.74) is 0. The molecule has 0 bridgehead atoms. The lowest BCUT2D eigenvalue weighted by Gasteiger charge is -2.11. The van der Waals surface area contributed by atoms with Gasteiger partial charge in [0.15, 0.2) is 0 Å². The molecule has 0 spiro atoms. The fourth-order valence-electron chi connectivity index (χ4n) is 1.81. The molecule has 0 saturated carbocycles. The third-order valence-electron chi connectivity index (χ3n) is 2.94. The Balaban J connectivity index is 1.81. The minimum atomic E-state index is 0.547. The predicted molar refractivity (Wildman–Crippen MR) is 92.0 cm³/mol. The molecular weight excluding hydrogens is 300 g/mol. The number of ether oxygens (including phenoxy) is 2. The van der Waals surface area contributed by atoms with E-state index in [4.69, 9.17) is 9.47 Å². The molecule has 112 valence electrons. The van der Waals surface area contributed by atoms with Crippen LogP contribution < -0.4 is 9.47 Å². The number of rotatable bonds is 7. The van der Waals surface area contributed by atoms with Gasteiger partial charge in [0, 0.05) is 20.8 Å². The van der Waals surface area contributed by atoms with Crippen LogP contribution in [0.3, 0.4) is 0 Å². The van der Waals surface area contributed by atoms with Crippen molar-refractivity contribution in [3.8, 4) is 11.5 Å². The van der Waals surface area contributed by atoms with Gasteiger partial charge < -0.3 is 9.47 Å². The first kappa shape index (κ1) is 16.1. The minimum Gasteiger partial charge on any atom is -0.497 e. The molecule has 0 aromatic heterocycles. The van der Waals surface area contributed by atoms with Gasteiger partial charge in [-0.2, -0.15) is 0 Å². The van der Waals surface area contributed by atoms with Crippen LogP contribution in [0, 0.1) is 0 Å². The van der Waals surface area contributed by atoms with E-state index < -0.39 is 0 Å². The van der Waals surface area contributed by atoms with Crippen molar-refractivity contribution in [2.24, 2.45) is 0 Å². The Morgan fingerprint density at radius 3 is 1.76 bits per heavy atom. The highest BCUT2D eigenvalue weighted by molar-refractivity contribution is 8.03. The fourth-order valence-corrected chi connectivity index (χ4v) is 3.80. The molecule has 2 rings (SSSR count). The Morgan fingerprint density at radius 1 is 0.810 bits per heavy atom. The monoisotopic (exact) mass is 320 g/mol. The van der Waals surface area contributed by atoms with E-state index in [-0.39, 0.29) is 0 Å². The van der Waals surface area contributed by atoms with Gasteiger partial charge in [-0.15, -0.1) is 23.5 Å². The first-order valence-electron chi connectivity index (χ1n) is 6.79. The molecule has 1 atom stereocenters. The summed E-state index contributed by atoms with van der Waals surface area (Å²) in [6.07, 6.45) is 0. The summed E-state index contributed by atoms with van der Waals surface area (Å²) in [7, 11) is 3.38. The van der Waals surface area contributed by atoms with Gasteiger partial charge in [-0.05, 0) is 48.5 Å². The van der Waals surface area contributed by atoms with Crippen molar-refractivity contribution < 1.29 is 9.47 Å². The quantitative estimate of drug-likeness (QED) is 0.670. The van der Waals surface area contributed by atoms with Crippen LogP contribution in [0.25, 0.3) is 0 Å². The summed E-state index contributed by atoms with van der Waals surface area (Å²) in [4.78, 5) is 2.55. The molecule has 0 heterocycles. The largest absolute Gasteiger partial charge is 0.497 e. The molecule has 0 aliphatic heterocycles. The van der Waals surface area contributed by atoms with Crippen LogP contribution in [0.5, 0.6) is 11.5 Å². The Bertz CT molecular complexity index is 538. The van der Waals surface area contributed by atoms with Crippen molar-refractivity contribution in [3.05, 3.63) is 48.5 Å². The number of thioether (sulfide) groups is 2. The molecule has 0 saturated heterocycles. The van der Waals surface area contributed by atoms with Crippen molar-refractivity contribution >= 4 is 23.5 Å². The van der Waals surface area contributed by atoms with E-state index in [0.717, 1.165) is 17.3 Å². The van der Waals surface area contributed by atoms with Crippen LogP contribution in [0.4, 0.5) is 0 Å². The zero-order chi connectivity index (χ0) is 15.1. The van der Waals surface area contributed by atoms with E-state index in [0.29, 0.717) is 5.25 Å². The molecule has 0 fully saturated rings. The molecule has 0 aliphatic carbocycles. The van der Waals surface area contributed by atoms with E-state index >= 15 is 0 Å². The van der Waals surface area contributed by atoms with Crippen molar-refractivity contribution in [2.75, 3.05) is 20.0 Å². The summed E-state index contributed by atoms with van der Waals surface area (Å²) in [5, 5.41) is 0.547. The number of methoxy groups -OCH3 is 2. The number of hydrogen-bond acceptors (Lipinski definition) is 4. The van der Waals surface area contributed by atoms with Gasteiger partial charge in [-0.1, -0.05) is 6.92 Å². The normalized spacial score (nSPS) is 12.0. The van der Waals surface area contributed by atoms with Crippen LogP contribution >= 0.6 is 23.5 Å². The van der Waals surface area contributed by atoms with E-state index in [2.05, 4.69) is 31.2 Å². The second-order valence-electron chi connectivity index (χ2n) is 4.59. The molecule has 0 N–H and O–H groups in total. The highest BCUT2D eigenvalue weighted by Crippen LogP contribution is 2.30. The molecule has 1 unspecified atom stereocenters. The maximum Gasteiger partial charge on any atom is 0.118 e. The maximum atomic E-state index is 5.17. The van der Waals surface area contributed by atoms with Gasteiger partial charge in [0.2, 0.25) is 0 Å². The third-order valence-corrected chi connectivity index (χ3v) is 5.54. The third kappa shape index (κ3) is 5.21. The van der Waals surface area contributed by atoms with Crippen LogP contribution in [-0.2, 0) is 0 Å². The summed E-state index contributed by atoms with van der Waals surface area (Å²) in [6.45, 7) is 2.26. The van der Waals surface area contributed by atoms with E-state index in [1.165, 1.54) is 9.79 Å². The molecule has 2 aromatic carbocycles. The van der Waals surface area contributed by atoms with Crippen LogP contribution in [0.1, 0.15) is 6.92 Å². The van der Waals surface area contributed by atoms with Crippen LogP contribution in [-0.4, -0.2) is 25.2 Å². The topological polar surface area (TPSA) is 18.5 Å². The summed E-state index contributed by atoms with van der Waals surface area (Å²) >= 11 is 3.76. The lowest BCUT2D eigenvalue weighted by atomic mass is 10.3. The fraction of sp³-hybridized carbons (Fsp3) is 0.294. The van der Waals surface area contributed by atoms with Crippen molar-refractivity contribution in [1.29, 1.82) is 0 Å². The lowest BCUT2D eigenvalue weighted by molar-refractivity contribution is 0.414. The first-order valence-corrected chi connectivity index (χ1v) is 8.65. The van der Waals surface area contributed by atoms with Crippen LogP contribution in [0.15, 0.2) is 58.3 Å². The molecule has 0 amide bonds. The van der Waals surface area contributed by atoms with Crippen molar-refractivity contribution in [3.63, 3.8) is 0 Å². The van der Waals surface area contributed by atoms with Crippen molar-refractivity contribution in [2.45, 2.75) is 22.0 Å². The summed E-state index contributed by atoms with van der Waals surface area (Å²) < 4.78 is 10.3.